The first-order chi connectivity index (χ1) is 11.6. The van der Waals surface area contributed by atoms with Gasteiger partial charge in [0, 0.05) is 12.6 Å². The predicted octanol–water partition coefficient (Wildman–Crippen LogP) is 2.93. The van der Waals surface area contributed by atoms with E-state index in [-0.39, 0.29) is 16.4 Å². The summed E-state index contributed by atoms with van der Waals surface area (Å²) in [5, 5.41) is 0. The molecule has 0 amide bonds. The average molecular weight is 386 g/mol. The second kappa shape index (κ2) is 6.67. The number of nitrogens with zero attached hydrogens (tertiary/aromatic N) is 1. The third-order valence-corrected chi connectivity index (χ3v) is 9.78. The van der Waals surface area contributed by atoms with Crippen LogP contribution in [0.3, 0.4) is 0 Å². The monoisotopic (exact) mass is 385 g/mol. The molecule has 1 aliphatic carbocycles. The van der Waals surface area contributed by atoms with Crippen molar-refractivity contribution in [3.8, 4) is 0 Å². The van der Waals surface area contributed by atoms with Gasteiger partial charge >= 0.3 is 0 Å². The standard InChI is InChI=1S/C18H27NO4S2/c1-18(12-13-24(20,21)14-18)19(2)25(22,23)17-10-8-16(9-11-17)15-6-4-3-5-7-15/h8-11,15H,3-7,12-14H2,1-2H3/t18-/m1/s1. The Balaban J connectivity index is 1.82. The molecule has 7 heteroatoms. The number of rotatable bonds is 4. The Labute approximate surface area is 151 Å². The first-order valence-corrected chi connectivity index (χ1v) is 12.2. The van der Waals surface area contributed by atoms with Crippen molar-refractivity contribution >= 4 is 19.9 Å². The molecule has 140 valence electrons. The van der Waals surface area contributed by atoms with E-state index in [4.69, 9.17) is 0 Å². The number of benzene rings is 1. The maximum absolute atomic E-state index is 13.0. The third-order valence-electron chi connectivity index (χ3n) is 5.86. The van der Waals surface area contributed by atoms with E-state index >= 15 is 0 Å². The highest BCUT2D eigenvalue weighted by Crippen LogP contribution is 2.35. The Morgan fingerprint density at radius 1 is 1.08 bits per heavy atom. The summed E-state index contributed by atoms with van der Waals surface area (Å²) in [4.78, 5) is 0.236. The molecule has 1 aromatic rings. The highest BCUT2D eigenvalue weighted by atomic mass is 32.2. The smallest absolute Gasteiger partial charge is 0.229 e. The molecule has 25 heavy (non-hydrogen) atoms. The van der Waals surface area contributed by atoms with E-state index in [1.165, 1.54) is 49.0 Å². The third kappa shape index (κ3) is 3.78. The van der Waals surface area contributed by atoms with Crippen LogP contribution < -0.4 is 0 Å². The van der Waals surface area contributed by atoms with Gasteiger partial charge in [-0.3, -0.25) is 0 Å². The average Bonchev–Trinajstić information content (AvgIpc) is 2.89. The van der Waals surface area contributed by atoms with Crippen LogP contribution >= 0.6 is 0 Å². The van der Waals surface area contributed by atoms with Crippen LogP contribution in [-0.4, -0.2) is 45.2 Å². The van der Waals surface area contributed by atoms with E-state index < -0.39 is 25.4 Å². The molecule has 0 bridgehead atoms. The van der Waals surface area contributed by atoms with Gasteiger partial charge < -0.3 is 0 Å². The summed E-state index contributed by atoms with van der Waals surface area (Å²) in [5.41, 5.74) is 0.329. The van der Waals surface area contributed by atoms with Gasteiger partial charge in [0.15, 0.2) is 9.84 Å². The van der Waals surface area contributed by atoms with Gasteiger partial charge in [-0.05, 0) is 49.8 Å². The van der Waals surface area contributed by atoms with Gasteiger partial charge in [0.25, 0.3) is 0 Å². The topological polar surface area (TPSA) is 71.5 Å². The minimum Gasteiger partial charge on any atom is -0.229 e. The molecule has 0 unspecified atom stereocenters. The van der Waals surface area contributed by atoms with E-state index in [1.54, 1.807) is 19.1 Å². The predicted molar refractivity (Wildman–Crippen MR) is 98.9 cm³/mol. The Bertz CT molecular complexity index is 824. The Morgan fingerprint density at radius 3 is 2.20 bits per heavy atom. The molecule has 1 aromatic carbocycles. The zero-order valence-corrected chi connectivity index (χ0v) is 16.6. The lowest BCUT2D eigenvalue weighted by Gasteiger charge is -2.33. The summed E-state index contributed by atoms with van der Waals surface area (Å²) >= 11 is 0. The van der Waals surface area contributed by atoms with Crippen molar-refractivity contribution in [2.45, 2.75) is 61.8 Å². The molecule has 0 spiro atoms. The molecule has 3 rings (SSSR count). The van der Waals surface area contributed by atoms with Crippen LogP contribution in [0.15, 0.2) is 29.2 Å². The molecule has 1 aliphatic heterocycles. The lowest BCUT2D eigenvalue weighted by molar-refractivity contribution is 0.272. The van der Waals surface area contributed by atoms with Crippen molar-refractivity contribution in [3.63, 3.8) is 0 Å². The van der Waals surface area contributed by atoms with Gasteiger partial charge in [-0.2, -0.15) is 4.31 Å². The van der Waals surface area contributed by atoms with Crippen LogP contribution in [0.1, 0.15) is 56.9 Å². The maximum Gasteiger partial charge on any atom is 0.243 e. The number of hydrogen-bond donors (Lipinski definition) is 0. The Kier molecular flexibility index (Phi) is 5.03. The van der Waals surface area contributed by atoms with E-state index in [1.807, 2.05) is 12.1 Å². The highest BCUT2D eigenvalue weighted by Gasteiger charge is 2.46. The van der Waals surface area contributed by atoms with Crippen molar-refractivity contribution in [1.82, 2.24) is 4.31 Å². The van der Waals surface area contributed by atoms with E-state index in [0.29, 0.717) is 12.3 Å². The zero-order valence-electron chi connectivity index (χ0n) is 14.9. The molecule has 1 heterocycles. The van der Waals surface area contributed by atoms with Gasteiger partial charge in [-0.1, -0.05) is 31.4 Å². The van der Waals surface area contributed by atoms with E-state index in [0.717, 1.165) is 0 Å². The SMILES string of the molecule is CN([C@]1(C)CCS(=O)(=O)C1)S(=O)(=O)c1ccc(C2CCCCC2)cc1. The van der Waals surface area contributed by atoms with Crippen molar-refractivity contribution in [1.29, 1.82) is 0 Å². The molecule has 0 N–H and O–H groups in total. The van der Waals surface area contributed by atoms with Crippen molar-refractivity contribution in [3.05, 3.63) is 29.8 Å². The summed E-state index contributed by atoms with van der Waals surface area (Å²) in [5.74, 6) is 0.459. The van der Waals surface area contributed by atoms with E-state index in [9.17, 15) is 16.8 Å². The van der Waals surface area contributed by atoms with Crippen LogP contribution in [0.5, 0.6) is 0 Å². The lowest BCUT2D eigenvalue weighted by atomic mass is 9.84. The molecule has 2 fully saturated rings. The zero-order chi connectivity index (χ0) is 18.3. The quantitative estimate of drug-likeness (QED) is 0.799. The second-order valence-corrected chi connectivity index (χ2v) is 11.9. The molecule has 0 radical (unpaired) electrons. The number of sulfone groups is 1. The lowest BCUT2D eigenvalue weighted by Crippen LogP contribution is -2.48. The molecule has 2 aliphatic rings. The number of sulfonamides is 1. The fourth-order valence-corrected chi connectivity index (χ4v) is 7.83. The first kappa shape index (κ1) is 18.9. The van der Waals surface area contributed by atoms with Crippen LogP contribution in [0.2, 0.25) is 0 Å². The molecule has 0 aromatic heterocycles. The molecule has 1 atom stereocenters. The van der Waals surface area contributed by atoms with Crippen molar-refractivity contribution < 1.29 is 16.8 Å². The van der Waals surface area contributed by atoms with Crippen LogP contribution in [0.4, 0.5) is 0 Å². The minimum absolute atomic E-state index is 0.0456. The normalized spacial score (nSPS) is 27.6. The van der Waals surface area contributed by atoms with Crippen LogP contribution in [-0.2, 0) is 19.9 Å². The van der Waals surface area contributed by atoms with Gasteiger partial charge in [0.1, 0.15) is 0 Å². The Hall–Kier alpha value is -0.920. The summed E-state index contributed by atoms with van der Waals surface area (Å²) in [6.07, 6.45) is 6.44. The van der Waals surface area contributed by atoms with Crippen LogP contribution in [0, 0.1) is 0 Å². The molecule has 1 saturated heterocycles. The fraction of sp³-hybridized carbons (Fsp3) is 0.667. The summed E-state index contributed by atoms with van der Waals surface area (Å²) < 4.78 is 50.8. The summed E-state index contributed by atoms with van der Waals surface area (Å²) in [6, 6.07) is 7.18. The van der Waals surface area contributed by atoms with Gasteiger partial charge in [-0.25, -0.2) is 16.8 Å². The first-order valence-electron chi connectivity index (χ1n) is 8.94. The molecule has 5 nitrogen and oxygen atoms in total. The van der Waals surface area contributed by atoms with Gasteiger partial charge in [0.2, 0.25) is 10.0 Å². The van der Waals surface area contributed by atoms with Gasteiger partial charge in [0.05, 0.1) is 16.4 Å². The number of hydrogen-bond acceptors (Lipinski definition) is 4. The molecule has 1 saturated carbocycles. The molecular weight excluding hydrogens is 358 g/mol. The van der Waals surface area contributed by atoms with Crippen LogP contribution in [0.25, 0.3) is 0 Å². The van der Waals surface area contributed by atoms with E-state index in [2.05, 4.69) is 0 Å². The fourth-order valence-electron chi connectivity index (χ4n) is 4.04. The second-order valence-electron chi connectivity index (χ2n) is 7.72. The highest BCUT2D eigenvalue weighted by molar-refractivity contribution is 7.92. The summed E-state index contributed by atoms with van der Waals surface area (Å²) in [6.45, 7) is 1.71. The maximum atomic E-state index is 13.0. The van der Waals surface area contributed by atoms with Gasteiger partial charge in [-0.15, -0.1) is 0 Å². The largest absolute Gasteiger partial charge is 0.243 e. The Morgan fingerprint density at radius 2 is 1.68 bits per heavy atom. The van der Waals surface area contributed by atoms with Crippen molar-refractivity contribution in [2.24, 2.45) is 0 Å². The van der Waals surface area contributed by atoms with Crippen molar-refractivity contribution in [2.75, 3.05) is 18.6 Å². The minimum atomic E-state index is -3.71. The molecular formula is C18H27NO4S2. The summed E-state index contributed by atoms with van der Waals surface area (Å²) in [7, 11) is -5.39.